The van der Waals surface area contributed by atoms with Gasteiger partial charge in [-0.2, -0.15) is 0 Å². The minimum Gasteiger partial charge on any atom is -0.493 e. The van der Waals surface area contributed by atoms with Crippen molar-refractivity contribution in [1.29, 1.82) is 0 Å². The molecule has 2 aromatic carbocycles. The summed E-state index contributed by atoms with van der Waals surface area (Å²) in [4.78, 5) is 29.4. The highest BCUT2D eigenvalue weighted by molar-refractivity contribution is 6.39. The third-order valence-corrected chi connectivity index (χ3v) is 5.68. The first-order valence-electron chi connectivity index (χ1n) is 10.8. The zero-order valence-corrected chi connectivity index (χ0v) is 19.2. The number of amides is 2. The molecular formula is C24H32N4O4. The Kier molecular flexibility index (Phi) is 7.94. The second kappa shape index (κ2) is 10.9. The summed E-state index contributed by atoms with van der Waals surface area (Å²) in [5, 5.41) is 5.42. The molecule has 1 aliphatic rings. The van der Waals surface area contributed by atoms with Gasteiger partial charge in [-0.05, 0) is 55.8 Å². The third kappa shape index (κ3) is 5.70. The molecule has 8 heteroatoms. The lowest BCUT2D eigenvalue weighted by atomic mass is 10.0. The number of hydrogen-bond donors (Lipinski definition) is 2. The van der Waals surface area contributed by atoms with Gasteiger partial charge in [0.2, 0.25) is 0 Å². The van der Waals surface area contributed by atoms with Crippen molar-refractivity contribution in [3.8, 4) is 11.5 Å². The van der Waals surface area contributed by atoms with Gasteiger partial charge in [0.1, 0.15) is 0 Å². The Hall–Kier alpha value is -3.26. The van der Waals surface area contributed by atoms with Crippen LogP contribution in [-0.4, -0.2) is 64.7 Å². The average Bonchev–Trinajstić information content (AvgIpc) is 3.33. The SMILES string of the molecule is COc1ccc(NC(=O)C(=O)NCC(c2ccc(N(C)C)cc2)N2CCCC2)cc1OC. The summed E-state index contributed by atoms with van der Waals surface area (Å²) in [6.07, 6.45) is 2.28. The number of carbonyl (C=O) groups is 2. The summed E-state index contributed by atoms with van der Waals surface area (Å²) < 4.78 is 10.4. The van der Waals surface area contributed by atoms with Crippen LogP contribution in [0.15, 0.2) is 42.5 Å². The van der Waals surface area contributed by atoms with E-state index in [0.29, 0.717) is 23.7 Å². The Morgan fingerprint density at radius 2 is 1.62 bits per heavy atom. The smallest absolute Gasteiger partial charge is 0.313 e. The summed E-state index contributed by atoms with van der Waals surface area (Å²) in [6, 6.07) is 13.3. The van der Waals surface area contributed by atoms with Crippen molar-refractivity contribution >= 4 is 23.2 Å². The fourth-order valence-corrected chi connectivity index (χ4v) is 3.88. The average molecular weight is 441 g/mol. The van der Waals surface area contributed by atoms with Gasteiger partial charge in [0, 0.05) is 38.1 Å². The zero-order valence-electron chi connectivity index (χ0n) is 19.2. The van der Waals surface area contributed by atoms with E-state index in [4.69, 9.17) is 9.47 Å². The maximum atomic E-state index is 12.5. The Balaban J connectivity index is 1.64. The molecule has 2 aromatic rings. The highest BCUT2D eigenvalue weighted by Gasteiger charge is 2.25. The van der Waals surface area contributed by atoms with Crippen LogP contribution in [0.5, 0.6) is 11.5 Å². The van der Waals surface area contributed by atoms with Gasteiger partial charge >= 0.3 is 11.8 Å². The minimum absolute atomic E-state index is 0.0199. The Morgan fingerprint density at radius 3 is 2.22 bits per heavy atom. The predicted molar refractivity (Wildman–Crippen MR) is 126 cm³/mol. The normalized spacial score (nSPS) is 14.5. The summed E-state index contributed by atoms with van der Waals surface area (Å²) in [6.45, 7) is 2.32. The Labute approximate surface area is 189 Å². The Morgan fingerprint density at radius 1 is 0.969 bits per heavy atom. The van der Waals surface area contributed by atoms with Gasteiger partial charge < -0.3 is 25.0 Å². The monoisotopic (exact) mass is 440 g/mol. The number of ether oxygens (including phenoxy) is 2. The number of rotatable bonds is 8. The number of carbonyl (C=O) groups excluding carboxylic acids is 2. The maximum Gasteiger partial charge on any atom is 0.313 e. The molecule has 1 heterocycles. The van der Waals surface area contributed by atoms with Crippen LogP contribution < -0.4 is 25.0 Å². The van der Waals surface area contributed by atoms with Crippen molar-refractivity contribution in [3.63, 3.8) is 0 Å². The number of methoxy groups -OCH3 is 2. The molecule has 8 nitrogen and oxygen atoms in total. The van der Waals surface area contributed by atoms with Crippen LogP contribution in [-0.2, 0) is 9.59 Å². The van der Waals surface area contributed by atoms with Crippen LogP contribution in [0.4, 0.5) is 11.4 Å². The van der Waals surface area contributed by atoms with Gasteiger partial charge in [-0.15, -0.1) is 0 Å². The molecule has 0 aromatic heterocycles. The van der Waals surface area contributed by atoms with Gasteiger partial charge in [0.05, 0.1) is 20.3 Å². The lowest BCUT2D eigenvalue weighted by Crippen LogP contribution is -2.41. The lowest BCUT2D eigenvalue weighted by Gasteiger charge is -2.28. The van der Waals surface area contributed by atoms with Crippen molar-refractivity contribution in [1.82, 2.24) is 10.2 Å². The molecule has 0 radical (unpaired) electrons. The molecule has 1 aliphatic heterocycles. The van der Waals surface area contributed by atoms with Crippen molar-refractivity contribution in [2.24, 2.45) is 0 Å². The van der Waals surface area contributed by atoms with Crippen LogP contribution >= 0.6 is 0 Å². The predicted octanol–water partition coefficient (Wildman–Crippen LogP) is 2.66. The topological polar surface area (TPSA) is 83.1 Å². The van der Waals surface area contributed by atoms with Gasteiger partial charge in [0.25, 0.3) is 0 Å². The largest absolute Gasteiger partial charge is 0.493 e. The van der Waals surface area contributed by atoms with Crippen LogP contribution in [0, 0.1) is 0 Å². The third-order valence-electron chi connectivity index (χ3n) is 5.68. The van der Waals surface area contributed by atoms with E-state index in [0.717, 1.165) is 37.2 Å². The van der Waals surface area contributed by atoms with Crippen molar-refractivity contribution in [3.05, 3.63) is 48.0 Å². The van der Waals surface area contributed by atoms with Gasteiger partial charge in [-0.1, -0.05) is 12.1 Å². The van der Waals surface area contributed by atoms with Crippen LogP contribution in [0.1, 0.15) is 24.4 Å². The summed E-state index contributed by atoms with van der Waals surface area (Å²) >= 11 is 0. The molecule has 32 heavy (non-hydrogen) atoms. The molecule has 1 atom stereocenters. The highest BCUT2D eigenvalue weighted by Crippen LogP contribution is 2.30. The minimum atomic E-state index is -0.722. The number of hydrogen-bond acceptors (Lipinski definition) is 6. The number of likely N-dealkylation sites (tertiary alicyclic amines) is 1. The first kappa shape index (κ1) is 23.4. The van der Waals surface area contributed by atoms with E-state index in [-0.39, 0.29) is 6.04 Å². The van der Waals surface area contributed by atoms with E-state index in [9.17, 15) is 9.59 Å². The van der Waals surface area contributed by atoms with E-state index in [1.807, 2.05) is 14.1 Å². The first-order valence-corrected chi connectivity index (χ1v) is 10.8. The molecule has 1 unspecified atom stereocenters. The molecular weight excluding hydrogens is 408 g/mol. The second-order valence-corrected chi connectivity index (χ2v) is 7.98. The number of nitrogens with zero attached hydrogens (tertiary/aromatic N) is 2. The fraction of sp³-hybridized carbons (Fsp3) is 0.417. The lowest BCUT2D eigenvalue weighted by molar-refractivity contribution is -0.136. The first-order chi connectivity index (χ1) is 15.4. The van der Waals surface area contributed by atoms with Crippen LogP contribution in [0.3, 0.4) is 0 Å². The molecule has 0 aliphatic carbocycles. The molecule has 3 rings (SSSR count). The Bertz CT molecular complexity index is 924. The summed E-state index contributed by atoms with van der Waals surface area (Å²) in [5.74, 6) is -0.376. The summed E-state index contributed by atoms with van der Waals surface area (Å²) in [5.41, 5.74) is 2.70. The van der Waals surface area contributed by atoms with Crippen LogP contribution in [0.2, 0.25) is 0 Å². The molecule has 2 amide bonds. The second-order valence-electron chi connectivity index (χ2n) is 7.98. The van der Waals surface area contributed by atoms with Gasteiger partial charge in [0.15, 0.2) is 11.5 Å². The van der Waals surface area contributed by atoms with E-state index in [1.54, 1.807) is 18.2 Å². The molecule has 0 bridgehead atoms. The molecule has 2 N–H and O–H groups in total. The number of nitrogens with one attached hydrogen (secondary N) is 2. The van der Waals surface area contributed by atoms with Crippen molar-refractivity contribution < 1.29 is 19.1 Å². The highest BCUT2D eigenvalue weighted by atomic mass is 16.5. The summed E-state index contributed by atoms with van der Waals surface area (Å²) in [7, 11) is 7.06. The number of benzene rings is 2. The molecule has 1 saturated heterocycles. The van der Waals surface area contributed by atoms with E-state index < -0.39 is 11.8 Å². The van der Waals surface area contributed by atoms with Gasteiger partial charge in [-0.25, -0.2) is 0 Å². The molecule has 0 saturated carbocycles. The molecule has 0 spiro atoms. The van der Waals surface area contributed by atoms with Gasteiger partial charge in [-0.3, -0.25) is 14.5 Å². The zero-order chi connectivity index (χ0) is 23.1. The fourth-order valence-electron chi connectivity index (χ4n) is 3.88. The van der Waals surface area contributed by atoms with E-state index >= 15 is 0 Å². The van der Waals surface area contributed by atoms with Crippen LogP contribution in [0.25, 0.3) is 0 Å². The van der Waals surface area contributed by atoms with Crippen molar-refractivity contribution in [2.75, 3.05) is 58.2 Å². The molecule has 172 valence electrons. The van der Waals surface area contributed by atoms with Crippen molar-refractivity contribution in [2.45, 2.75) is 18.9 Å². The molecule has 1 fully saturated rings. The maximum absolute atomic E-state index is 12.5. The number of anilines is 2. The van der Waals surface area contributed by atoms with E-state index in [2.05, 4.69) is 44.7 Å². The van der Waals surface area contributed by atoms with E-state index in [1.165, 1.54) is 14.2 Å². The standard InChI is InChI=1S/C24H32N4O4/c1-27(2)19-10-7-17(8-11-19)20(28-13-5-6-14-28)16-25-23(29)24(30)26-18-9-12-21(31-3)22(15-18)32-4/h7-12,15,20H,5-6,13-14,16H2,1-4H3,(H,25,29)(H,26,30). The quantitative estimate of drug-likeness (QED) is 0.614.